The van der Waals surface area contributed by atoms with Crippen LogP contribution in [0.3, 0.4) is 0 Å². The SMILES string of the molecule is CCCC[CH]OC(=O)SC. The van der Waals surface area contributed by atoms with E-state index < -0.39 is 0 Å². The molecule has 0 heterocycles. The molecule has 0 saturated heterocycles. The molecule has 10 heavy (non-hydrogen) atoms. The molecule has 0 aliphatic heterocycles. The smallest absolute Gasteiger partial charge is 0.367 e. The molecule has 1 radical (unpaired) electrons. The molecule has 0 rings (SSSR count). The standard InChI is InChI=1S/C7H13O2S/c1-3-4-5-6-9-7(8)10-2/h6H,3-5H2,1-2H3. The lowest BCUT2D eigenvalue weighted by atomic mass is 10.3. The van der Waals surface area contributed by atoms with Crippen molar-refractivity contribution in [3.05, 3.63) is 6.61 Å². The van der Waals surface area contributed by atoms with Gasteiger partial charge in [0.25, 0.3) is 0 Å². The molecule has 59 valence electrons. The van der Waals surface area contributed by atoms with Crippen molar-refractivity contribution in [1.82, 2.24) is 0 Å². The van der Waals surface area contributed by atoms with Gasteiger partial charge in [0, 0.05) is 0 Å². The number of hydrogen-bond acceptors (Lipinski definition) is 3. The first-order valence-electron chi connectivity index (χ1n) is 3.37. The molecule has 0 unspecified atom stereocenters. The van der Waals surface area contributed by atoms with Crippen LogP contribution < -0.4 is 0 Å². The van der Waals surface area contributed by atoms with Gasteiger partial charge in [-0.2, -0.15) is 0 Å². The van der Waals surface area contributed by atoms with Gasteiger partial charge in [-0.1, -0.05) is 13.3 Å². The highest BCUT2D eigenvalue weighted by Gasteiger charge is 1.97. The van der Waals surface area contributed by atoms with E-state index in [4.69, 9.17) is 4.74 Å². The Hall–Kier alpha value is -0.180. The quantitative estimate of drug-likeness (QED) is 0.468. The minimum Gasteiger partial charge on any atom is -0.450 e. The van der Waals surface area contributed by atoms with E-state index in [1.165, 1.54) is 0 Å². The minimum atomic E-state index is -0.226. The van der Waals surface area contributed by atoms with E-state index in [9.17, 15) is 4.79 Å². The lowest BCUT2D eigenvalue weighted by molar-refractivity contribution is 0.197. The maximum Gasteiger partial charge on any atom is 0.367 e. The topological polar surface area (TPSA) is 26.3 Å². The van der Waals surface area contributed by atoms with Crippen LogP contribution in [0.2, 0.25) is 0 Å². The molecule has 0 aliphatic rings. The van der Waals surface area contributed by atoms with Crippen molar-refractivity contribution >= 4 is 17.1 Å². The minimum absolute atomic E-state index is 0.226. The van der Waals surface area contributed by atoms with Crippen LogP contribution in [0.25, 0.3) is 0 Å². The molecule has 0 aromatic carbocycles. The van der Waals surface area contributed by atoms with Crippen molar-refractivity contribution < 1.29 is 9.53 Å². The Morgan fingerprint density at radius 3 is 2.90 bits per heavy atom. The van der Waals surface area contributed by atoms with E-state index in [1.807, 2.05) is 0 Å². The van der Waals surface area contributed by atoms with Crippen molar-refractivity contribution in [2.75, 3.05) is 6.26 Å². The summed E-state index contributed by atoms with van der Waals surface area (Å²) in [5.41, 5.74) is 0. The van der Waals surface area contributed by atoms with Crippen molar-refractivity contribution in [2.24, 2.45) is 0 Å². The van der Waals surface area contributed by atoms with Crippen molar-refractivity contribution in [2.45, 2.75) is 26.2 Å². The summed E-state index contributed by atoms with van der Waals surface area (Å²) in [5, 5.41) is -0.226. The van der Waals surface area contributed by atoms with Crippen molar-refractivity contribution in [1.29, 1.82) is 0 Å². The second kappa shape index (κ2) is 6.93. The van der Waals surface area contributed by atoms with Gasteiger partial charge in [0.2, 0.25) is 0 Å². The Morgan fingerprint density at radius 2 is 2.40 bits per heavy atom. The molecule has 0 aromatic rings. The van der Waals surface area contributed by atoms with Crippen LogP contribution in [0.5, 0.6) is 0 Å². The predicted octanol–water partition coefficient (Wildman–Crippen LogP) is 2.84. The van der Waals surface area contributed by atoms with E-state index >= 15 is 0 Å². The first-order chi connectivity index (χ1) is 4.81. The fourth-order valence-electron chi connectivity index (χ4n) is 0.463. The van der Waals surface area contributed by atoms with Crippen molar-refractivity contribution in [3.8, 4) is 0 Å². The monoisotopic (exact) mass is 161 g/mol. The molecule has 3 heteroatoms. The second-order valence-electron chi connectivity index (χ2n) is 1.88. The number of hydrogen-bond donors (Lipinski definition) is 0. The lowest BCUT2D eigenvalue weighted by Gasteiger charge is -1.98. The molecule has 0 spiro atoms. The third kappa shape index (κ3) is 5.95. The maximum absolute atomic E-state index is 10.5. The number of ether oxygens (including phenoxy) is 1. The van der Waals surface area contributed by atoms with Crippen molar-refractivity contribution in [3.63, 3.8) is 0 Å². The van der Waals surface area contributed by atoms with Gasteiger partial charge in [-0.15, -0.1) is 0 Å². The van der Waals surface area contributed by atoms with Crippen LogP contribution in [-0.4, -0.2) is 11.6 Å². The summed E-state index contributed by atoms with van der Waals surface area (Å²) < 4.78 is 4.69. The average Bonchev–Trinajstić information content (AvgIpc) is 1.98. The fraction of sp³-hybridized carbons (Fsp3) is 0.714. The van der Waals surface area contributed by atoms with Crippen LogP contribution in [0.15, 0.2) is 0 Å². The normalized spacial score (nSPS) is 9.40. The maximum atomic E-state index is 10.5. The van der Waals surface area contributed by atoms with E-state index in [-0.39, 0.29) is 5.30 Å². The molecule has 0 aromatic heterocycles. The third-order valence-corrected chi connectivity index (χ3v) is 1.45. The molecule has 0 aliphatic carbocycles. The summed E-state index contributed by atoms with van der Waals surface area (Å²) in [7, 11) is 0. The molecule has 0 saturated carbocycles. The molecule has 0 N–H and O–H groups in total. The van der Waals surface area contributed by atoms with Gasteiger partial charge in [0.05, 0.1) is 0 Å². The number of carbonyl (C=O) groups excluding carboxylic acids is 1. The zero-order valence-corrected chi connectivity index (χ0v) is 7.24. The first-order valence-corrected chi connectivity index (χ1v) is 4.60. The van der Waals surface area contributed by atoms with Gasteiger partial charge in [-0.25, -0.2) is 4.79 Å². The number of carbonyl (C=O) groups is 1. The van der Waals surface area contributed by atoms with Gasteiger partial charge in [0.15, 0.2) is 0 Å². The zero-order valence-electron chi connectivity index (χ0n) is 6.42. The van der Waals surface area contributed by atoms with Gasteiger partial charge < -0.3 is 4.74 Å². The lowest BCUT2D eigenvalue weighted by Crippen LogP contribution is -1.92. The highest BCUT2D eigenvalue weighted by atomic mass is 32.2. The largest absolute Gasteiger partial charge is 0.450 e. The zero-order chi connectivity index (χ0) is 7.82. The number of rotatable bonds is 4. The summed E-state index contributed by atoms with van der Waals surface area (Å²) in [6.45, 7) is 3.67. The molecule has 0 bridgehead atoms. The van der Waals surface area contributed by atoms with Crippen LogP contribution in [-0.2, 0) is 4.74 Å². The van der Waals surface area contributed by atoms with E-state index in [0.29, 0.717) is 0 Å². The molecule has 0 amide bonds. The van der Waals surface area contributed by atoms with Gasteiger partial charge in [-0.3, -0.25) is 0 Å². The van der Waals surface area contributed by atoms with Gasteiger partial charge in [-0.05, 0) is 30.9 Å². The van der Waals surface area contributed by atoms with Gasteiger partial charge in [0.1, 0.15) is 6.61 Å². The Balaban J connectivity index is 2.96. The van der Waals surface area contributed by atoms with Crippen LogP contribution >= 0.6 is 11.8 Å². The Bertz CT molecular complexity index is 93.6. The van der Waals surface area contributed by atoms with Crippen LogP contribution in [0.1, 0.15) is 26.2 Å². The van der Waals surface area contributed by atoms with Crippen LogP contribution in [0.4, 0.5) is 4.79 Å². The Morgan fingerprint density at radius 1 is 1.70 bits per heavy atom. The summed E-state index contributed by atoms with van der Waals surface area (Å²) in [6.07, 6.45) is 4.79. The first kappa shape index (κ1) is 9.82. The third-order valence-electron chi connectivity index (χ3n) is 1.02. The molecule has 0 atom stereocenters. The molecule has 2 nitrogen and oxygen atoms in total. The number of unbranched alkanes of at least 4 members (excludes halogenated alkanes) is 2. The van der Waals surface area contributed by atoms with Gasteiger partial charge >= 0.3 is 5.30 Å². The highest BCUT2D eigenvalue weighted by molar-refractivity contribution is 8.12. The highest BCUT2D eigenvalue weighted by Crippen LogP contribution is 2.04. The van der Waals surface area contributed by atoms with Crippen LogP contribution in [0, 0.1) is 6.61 Å². The van der Waals surface area contributed by atoms with E-state index in [2.05, 4.69) is 6.92 Å². The number of thioether (sulfide) groups is 1. The molecular formula is C7H13O2S. The van der Waals surface area contributed by atoms with E-state index in [1.54, 1.807) is 12.9 Å². The summed E-state index contributed by atoms with van der Waals surface area (Å²) >= 11 is 1.09. The Kier molecular flexibility index (Phi) is 6.81. The Labute approximate surface area is 66.3 Å². The average molecular weight is 161 g/mol. The van der Waals surface area contributed by atoms with E-state index in [0.717, 1.165) is 31.0 Å². The summed E-state index contributed by atoms with van der Waals surface area (Å²) in [4.78, 5) is 10.5. The molecule has 0 fully saturated rings. The molecular weight excluding hydrogens is 148 g/mol. The fourth-order valence-corrected chi connectivity index (χ4v) is 0.627. The summed E-state index contributed by atoms with van der Waals surface area (Å²) in [6, 6.07) is 0. The second-order valence-corrected chi connectivity index (χ2v) is 2.62. The predicted molar refractivity (Wildman–Crippen MR) is 43.8 cm³/mol. The summed E-state index contributed by atoms with van der Waals surface area (Å²) in [5.74, 6) is 0.